The Morgan fingerprint density at radius 1 is 1.07 bits per heavy atom. The van der Waals surface area contributed by atoms with Gasteiger partial charge in [-0.15, -0.1) is 0 Å². The molecule has 0 spiro atoms. The highest BCUT2D eigenvalue weighted by Gasteiger charge is 2.24. The Labute approximate surface area is 173 Å². The first-order valence-corrected chi connectivity index (χ1v) is 9.85. The molecule has 2 aromatic heterocycles. The number of benzene rings is 1. The van der Waals surface area contributed by atoms with E-state index in [1.807, 2.05) is 37.3 Å². The fourth-order valence-corrected chi connectivity index (χ4v) is 3.60. The van der Waals surface area contributed by atoms with Gasteiger partial charge in [0.15, 0.2) is 0 Å². The van der Waals surface area contributed by atoms with Crippen molar-refractivity contribution in [2.24, 2.45) is 0 Å². The Hall–Kier alpha value is -3.12. The number of anilines is 1. The lowest BCUT2D eigenvalue weighted by Gasteiger charge is -2.35. The average molecular weight is 409 g/mol. The maximum Gasteiger partial charge on any atom is 0.261 e. The number of aromatic nitrogens is 2. The molecule has 6 nitrogen and oxygen atoms in total. The van der Waals surface area contributed by atoms with Gasteiger partial charge in [0, 0.05) is 38.1 Å². The van der Waals surface area contributed by atoms with Crippen molar-refractivity contribution in [3.05, 3.63) is 81.2 Å². The van der Waals surface area contributed by atoms with E-state index in [9.17, 15) is 9.59 Å². The van der Waals surface area contributed by atoms with Crippen LogP contribution >= 0.6 is 11.6 Å². The highest BCUT2D eigenvalue weighted by Crippen LogP contribution is 2.19. The van der Waals surface area contributed by atoms with Crippen LogP contribution in [0.1, 0.15) is 15.9 Å². The van der Waals surface area contributed by atoms with Crippen molar-refractivity contribution in [1.29, 1.82) is 0 Å². The quantitative estimate of drug-likeness (QED) is 0.721. The molecule has 4 rings (SSSR count). The summed E-state index contributed by atoms with van der Waals surface area (Å²) in [7, 11) is 0. The first kappa shape index (κ1) is 19.2. The van der Waals surface area contributed by atoms with Gasteiger partial charge < -0.3 is 14.8 Å². The first-order chi connectivity index (χ1) is 14.0. The van der Waals surface area contributed by atoms with E-state index in [1.54, 1.807) is 29.3 Å². The summed E-state index contributed by atoms with van der Waals surface area (Å²) in [6.45, 7) is 4.36. The maximum atomic E-state index is 12.9. The Kier molecular flexibility index (Phi) is 5.36. The number of hydrogen-bond donors (Lipinski definition) is 1. The van der Waals surface area contributed by atoms with Gasteiger partial charge in [0.05, 0.1) is 5.02 Å². The molecule has 3 aromatic rings. The molecule has 1 aliphatic rings. The lowest BCUT2D eigenvalue weighted by molar-refractivity contribution is 0.0744. The number of hydrogen-bond acceptors (Lipinski definition) is 4. The third-order valence-corrected chi connectivity index (χ3v) is 5.30. The molecule has 0 aliphatic carbocycles. The molecule has 0 bridgehead atoms. The fourth-order valence-electron chi connectivity index (χ4n) is 3.49. The fraction of sp³-hybridized carbons (Fsp3) is 0.227. The number of halogens is 1. The molecule has 1 fully saturated rings. The van der Waals surface area contributed by atoms with Crippen molar-refractivity contribution in [2.75, 3.05) is 31.1 Å². The number of carbonyl (C=O) groups is 1. The largest absolute Gasteiger partial charge is 0.353 e. The van der Waals surface area contributed by atoms with Gasteiger partial charge in [-0.05, 0) is 42.8 Å². The van der Waals surface area contributed by atoms with E-state index < -0.39 is 0 Å². The summed E-state index contributed by atoms with van der Waals surface area (Å²) in [6, 6.07) is 14.9. The second-order valence-corrected chi connectivity index (χ2v) is 7.53. The van der Waals surface area contributed by atoms with Gasteiger partial charge in [-0.25, -0.2) is 4.98 Å². The Morgan fingerprint density at radius 3 is 2.52 bits per heavy atom. The first-order valence-electron chi connectivity index (χ1n) is 9.47. The van der Waals surface area contributed by atoms with Crippen molar-refractivity contribution in [3.63, 3.8) is 0 Å². The lowest BCUT2D eigenvalue weighted by Crippen LogP contribution is -2.49. The van der Waals surface area contributed by atoms with E-state index in [4.69, 9.17) is 11.6 Å². The molecule has 0 saturated carbocycles. The van der Waals surface area contributed by atoms with Gasteiger partial charge in [0.1, 0.15) is 11.4 Å². The molecule has 0 unspecified atom stereocenters. The lowest BCUT2D eigenvalue weighted by atomic mass is 10.1. The van der Waals surface area contributed by atoms with Crippen molar-refractivity contribution < 1.29 is 4.79 Å². The van der Waals surface area contributed by atoms with Crippen LogP contribution < -0.4 is 10.5 Å². The molecule has 7 heteroatoms. The van der Waals surface area contributed by atoms with Crippen LogP contribution in [0.4, 0.5) is 5.82 Å². The molecule has 1 aliphatic heterocycles. The topological polar surface area (TPSA) is 69.3 Å². The monoisotopic (exact) mass is 408 g/mol. The van der Waals surface area contributed by atoms with Crippen LogP contribution in [0.3, 0.4) is 0 Å². The maximum absolute atomic E-state index is 12.9. The van der Waals surface area contributed by atoms with Crippen molar-refractivity contribution in [1.82, 2.24) is 14.9 Å². The minimum absolute atomic E-state index is 0.166. The number of pyridine rings is 2. The zero-order valence-electron chi connectivity index (χ0n) is 16.1. The summed E-state index contributed by atoms with van der Waals surface area (Å²) >= 11 is 5.89. The third kappa shape index (κ3) is 4.17. The third-order valence-electron chi connectivity index (χ3n) is 5.07. The molecule has 1 aromatic carbocycles. The normalized spacial score (nSPS) is 14.1. The summed E-state index contributed by atoms with van der Waals surface area (Å²) in [5.74, 6) is 0.590. The molecule has 148 valence electrons. The summed E-state index contributed by atoms with van der Waals surface area (Å²) in [5, 5.41) is 0.593. The summed E-state index contributed by atoms with van der Waals surface area (Å²) in [6.07, 6.45) is 1.61. The molecule has 3 heterocycles. The summed E-state index contributed by atoms with van der Waals surface area (Å²) in [4.78, 5) is 36.4. The zero-order valence-corrected chi connectivity index (χ0v) is 16.8. The van der Waals surface area contributed by atoms with E-state index in [-0.39, 0.29) is 17.0 Å². The van der Waals surface area contributed by atoms with Crippen molar-refractivity contribution in [2.45, 2.75) is 6.92 Å². The molecular weight excluding hydrogens is 388 g/mol. The Balaban J connectivity index is 1.46. The van der Waals surface area contributed by atoms with Crippen LogP contribution in [-0.2, 0) is 0 Å². The number of amides is 1. The Morgan fingerprint density at radius 2 is 1.86 bits per heavy atom. The van der Waals surface area contributed by atoms with E-state index in [2.05, 4.69) is 14.9 Å². The van der Waals surface area contributed by atoms with Crippen LogP contribution in [0.25, 0.3) is 11.3 Å². The number of H-pyrrole nitrogens is 1. The highest BCUT2D eigenvalue weighted by molar-refractivity contribution is 6.30. The predicted octanol–water partition coefficient (Wildman–Crippen LogP) is 3.36. The van der Waals surface area contributed by atoms with Crippen molar-refractivity contribution in [3.8, 4) is 11.3 Å². The molecule has 29 heavy (non-hydrogen) atoms. The molecule has 1 saturated heterocycles. The van der Waals surface area contributed by atoms with Gasteiger partial charge in [0.2, 0.25) is 0 Å². The van der Waals surface area contributed by atoms with E-state index in [1.165, 1.54) is 0 Å². The minimum Gasteiger partial charge on any atom is -0.353 e. The highest BCUT2D eigenvalue weighted by atomic mass is 35.5. The number of piperazine rings is 1. The van der Waals surface area contributed by atoms with Gasteiger partial charge in [0.25, 0.3) is 11.5 Å². The minimum atomic E-state index is -0.365. The number of rotatable bonds is 3. The number of nitrogens with zero attached hydrogens (tertiary/aromatic N) is 3. The van der Waals surface area contributed by atoms with E-state index in [0.29, 0.717) is 36.9 Å². The molecular formula is C22H21ClN4O2. The number of aromatic amines is 1. The van der Waals surface area contributed by atoms with Gasteiger partial charge >= 0.3 is 0 Å². The zero-order chi connectivity index (χ0) is 20.4. The van der Waals surface area contributed by atoms with Crippen LogP contribution in [0.2, 0.25) is 5.02 Å². The second-order valence-electron chi connectivity index (χ2n) is 7.10. The Bertz CT molecular complexity index is 1090. The van der Waals surface area contributed by atoms with Gasteiger partial charge in [-0.1, -0.05) is 35.4 Å². The van der Waals surface area contributed by atoms with E-state index >= 15 is 0 Å². The van der Waals surface area contributed by atoms with Crippen LogP contribution in [-0.4, -0.2) is 47.0 Å². The van der Waals surface area contributed by atoms with Crippen LogP contribution in [0.15, 0.2) is 59.5 Å². The molecule has 0 atom stereocenters. The predicted molar refractivity (Wildman–Crippen MR) is 115 cm³/mol. The number of aryl methyl sites for hydroxylation is 1. The van der Waals surface area contributed by atoms with Crippen LogP contribution in [0.5, 0.6) is 0 Å². The van der Waals surface area contributed by atoms with Gasteiger partial charge in [-0.3, -0.25) is 9.59 Å². The van der Waals surface area contributed by atoms with Crippen molar-refractivity contribution >= 4 is 23.3 Å². The smallest absolute Gasteiger partial charge is 0.261 e. The standard InChI is InChI=1S/C22H21ClN4O2/c1-15-3-2-4-16(13-15)19-7-6-18(21(28)25-19)22(29)27-11-9-26(10-12-27)20-8-5-17(23)14-24-20/h2-8,13-14H,9-12H2,1H3,(H,25,28). The summed E-state index contributed by atoms with van der Waals surface area (Å²) in [5.41, 5.74) is 2.53. The molecule has 1 N–H and O–H groups in total. The molecule has 1 amide bonds. The number of nitrogens with one attached hydrogen (secondary N) is 1. The second kappa shape index (κ2) is 8.09. The average Bonchev–Trinajstić information content (AvgIpc) is 2.74. The van der Waals surface area contributed by atoms with Gasteiger partial charge in [-0.2, -0.15) is 0 Å². The molecule has 0 radical (unpaired) electrons. The van der Waals surface area contributed by atoms with Crippen LogP contribution in [0, 0.1) is 6.92 Å². The summed E-state index contributed by atoms with van der Waals surface area (Å²) < 4.78 is 0. The number of carbonyl (C=O) groups excluding carboxylic acids is 1. The SMILES string of the molecule is Cc1cccc(-c2ccc(C(=O)N3CCN(c4ccc(Cl)cn4)CC3)c(=O)[nH]2)c1. The van der Waals surface area contributed by atoms with E-state index in [0.717, 1.165) is 16.9 Å².